The van der Waals surface area contributed by atoms with Crippen LogP contribution in [0.4, 0.5) is 4.39 Å². The van der Waals surface area contributed by atoms with Crippen LogP contribution in [0.3, 0.4) is 0 Å². The second-order valence-corrected chi connectivity index (χ2v) is 6.04. The minimum absolute atomic E-state index is 0.133. The number of halogens is 1. The third-order valence-corrected chi connectivity index (χ3v) is 4.36. The number of hydrogen-bond donors (Lipinski definition) is 1. The molecule has 0 aliphatic heterocycles. The zero-order valence-corrected chi connectivity index (χ0v) is 12.2. The van der Waals surface area contributed by atoms with Gasteiger partial charge in [-0.15, -0.1) is 0 Å². The van der Waals surface area contributed by atoms with Crippen molar-refractivity contribution in [2.45, 2.75) is 32.1 Å². The first kappa shape index (κ1) is 14.3. The van der Waals surface area contributed by atoms with Gasteiger partial charge < -0.3 is 5.11 Å². The van der Waals surface area contributed by atoms with Gasteiger partial charge in [0.1, 0.15) is 5.82 Å². The molecule has 1 N–H and O–H groups in total. The maximum absolute atomic E-state index is 13.2. The fraction of sp³-hybridized carbons (Fsp3) is 0.368. The van der Waals surface area contributed by atoms with Crippen LogP contribution in [0.5, 0.6) is 0 Å². The summed E-state index contributed by atoms with van der Waals surface area (Å²) >= 11 is 0. The summed E-state index contributed by atoms with van der Waals surface area (Å²) in [5.74, 6) is -0.0621. The highest BCUT2D eigenvalue weighted by Crippen LogP contribution is 2.24. The molecule has 1 unspecified atom stereocenters. The molecule has 0 heterocycles. The minimum Gasteiger partial charge on any atom is -0.396 e. The van der Waals surface area contributed by atoms with Crippen LogP contribution < -0.4 is 0 Å². The summed E-state index contributed by atoms with van der Waals surface area (Å²) in [5.41, 5.74) is 5.18. The van der Waals surface area contributed by atoms with Crippen LogP contribution in [-0.4, -0.2) is 11.7 Å². The van der Waals surface area contributed by atoms with Crippen molar-refractivity contribution >= 4 is 0 Å². The van der Waals surface area contributed by atoms with E-state index in [2.05, 4.69) is 18.2 Å². The molecular formula is C19H21FO. The first-order chi connectivity index (χ1) is 10.2. The van der Waals surface area contributed by atoms with Crippen molar-refractivity contribution in [2.75, 3.05) is 6.61 Å². The number of aliphatic hydroxyl groups excluding tert-OH is 1. The fourth-order valence-corrected chi connectivity index (χ4v) is 3.28. The molecule has 0 amide bonds. The highest BCUT2D eigenvalue weighted by Gasteiger charge is 2.14. The van der Waals surface area contributed by atoms with E-state index >= 15 is 0 Å². The molecule has 1 nitrogen and oxygen atoms in total. The number of aryl methyl sites for hydroxylation is 2. The molecule has 0 saturated carbocycles. The molecule has 1 aliphatic rings. The molecule has 0 bridgehead atoms. The molecule has 0 saturated heterocycles. The van der Waals surface area contributed by atoms with Gasteiger partial charge in [0.25, 0.3) is 0 Å². The standard InChI is InChI=1S/C19H21FO/c20-19-6-1-3-14(12-19)9-16(13-21)10-15-7-8-17-4-2-5-18(17)11-15/h1,3,6-8,11-12,16,21H,2,4-5,9-10,13H2. The lowest BCUT2D eigenvalue weighted by molar-refractivity contribution is 0.225. The van der Waals surface area contributed by atoms with Crippen molar-refractivity contribution in [3.05, 3.63) is 70.5 Å². The highest BCUT2D eigenvalue weighted by atomic mass is 19.1. The predicted octanol–water partition coefficient (Wildman–Crippen LogP) is 3.71. The second kappa shape index (κ2) is 6.40. The summed E-state index contributed by atoms with van der Waals surface area (Å²) in [4.78, 5) is 0. The molecule has 3 rings (SSSR count). The van der Waals surface area contributed by atoms with Crippen LogP contribution in [0.25, 0.3) is 0 Å². The van der Waals surface area contributed by atoms with Crippen LogP contribution in [-0.2, 0) is 25.7 Å². The number of aliphatic hydroxyl groups is 1. The van der Waals surface area contributed by atoms with Crippen LogP contribution >= 0.6 is 0 Å². The van der Waals surface area contributed by atoms with Crippen molar-refractivity contribution in [2.24, 2.45) is 5.92 Å². The Bertz CT molecular complexity index is 621. The van der Waals surface area contributed by atoms with E-state index in [0.29, 0.717) is 6.42 Å². The maximum Gasteiger partial charge on any atom is 0.123 e. The predicted molar refractivity (Wildman–Crippen MR) is 82.9 cm³/mol. The summed E-state index contributed by atoms with van der Waals surface area (Å²) in [6, 6.07) is 13.4. The molecule has 0 aromatic heterocycles. The van der Waals surface area contributed by atoms with E-state index in [9.17, 15) is 9.50 Å². The smallest absolute Gasteiger partial charge is 0.123 e. The average Bonchev–Trinajstić information content (AvgIpc) is 2.94. The van der Waals surface area contributed by atoms with Gasteiger partial charge in [0, 0.05) is 6.61 Å². The van der Waals surface area contributed by atoms with E-state index in [1.807, 2.05) is 6.07 Å². The number of fused-ring (bicyclic) bond motifs is 1. The van der Waals surface area contributed by atoms with Crippen LogP contribution in [0.1, 0.15) is 28.7 Å². The first-order valence-corrected chi connectivity index (χ1v) is 7.70. The van der Waals surface area contributed by atoms with E-state index in [1.54, 1.807) is 12.1 Å². The second-order valence-electron chi connectivity index (χ2n) is 6.04. The molecule has 2 aromatic carbocycles. The summed E-state index contributed by atoms with van der Waals surface area (Å²) < 4.78 is 13.2. The Labute approximate surface area is 125 Å². The van der Waals surface area contributed by atoms with Gasteiger partial charge in [-0.2, -0.15) is 0 Å². The van der Waals surface area contributed by atoms with Crippen molar-refractivity contribution < 1.29 is 9.50 Å². The summed E-state index contributed by atoms with van der Waals surface area (Å²) in [6.07, 6.45) is 5.19. The molecule has 1 aliphatic carbocycles. The monoisotopic (exact) mass is 284 g/mol. The summed E-state index contributed by atoms with van der Waals surface area (Å²) in [5, 5.41) is 9.62. The van der Waals surface area contributed by atoms with E-state index in [1.165, 1.54) is 42.0 Å². The maximum atomic E-state index is 13.2. The van der Waals surface area contributed by atoms with Crippen molar-refractivity contribution in [3.8, 4) is 0 Å². The fourth-order valence-electron chi connectivity index (χ4n) is 3.28. The zero-order chi connectivity index (χ0) is 14.7. The third-order valence-electron chi connectivity index (χ3n) is 4.36. The van der Waals surface area contributed by atoms with Crippen molar-refractivity contribution in [1.29, 1.82) is 0 Å². The largest absolute Gasteiger partial charge is 0.396 e. The lowest BCUT2D eigenvalue weighted by atomic mass is 9.92. The molecule has 110 valence electrons. The zero-order valence-electron chi connectivity index (χ0n) is 12.2. The first-order valence-electron chi connectivity index (χ1n) is 7.70. The van der Waals surface area contributed by atoms with Crippen LogP contribution in [0.2, 0.25) is 0 Å². The molecule has 0 spiro atoms. The average molecular weight is 284 g/mol. The van der Waals surface area contributed by atoms with Gasteiger partial charge in [0.05, 0.1) is 0 Å². The Kier molecular flexibility index (Phi) is 4.35. The highest BCUT2D eigenvalue weighted by molar-refractivity contribution is 5.35. The number of hydrogen-bond acceptors (Lipinski definition) is 1. The Balaban J connectivity index is 1.69. The van der Waals surface area contributed by atoms with Crippen molar-refractivity contribution in [3.63, 3.8) is 0 Å². The number of rotatable bonds is 5. The molecule has 21 heavy (non-hydrogen) atoms. The van der Waals surface area contributed by atoms with Gasteiger partial charge in [-0.25, -0.2) is 4.39 Å². The molecule has 0 radical (unpaired) electrons. The van der Waals surface area contributed by atoms with Gasteiger partial charge in [-0.1, -0.05) is 30.3 Å². The lowest BCUT2D eigenvalue weighted by Crippen LogP contribution is -2.13. The van der Waals surface area contributed by atoms with Crippen LogP contribution in [0, 0.1) is 11.7 Å². The van der Waals surface area contributed by atoms with Gasteiger partial charge in [-0.3, -0.25) is 0 Å². The van der Waals surface area contributed by atoms with Crippen molar-refractivity contribution in [1.82, 2.24) is 0 Å². The third kappa shape index (κ3) is 3.51. The van der Waals surface area contributed by atoms with E-state index in [0.717, 1.165) is 12.0 Å². The van der Waals surface area contributed by atoms with E-state index < -0.39 is 0 Å². The molecule has 1 atom stereocenters. The van der Waals surface area contributed by atoms with Gasteiger partial charge in [0.2, 0.25) is 0 Å². The molecular weight excluding hydrogens is 263 g/mol. The van der Waals surface area contributed by atoms with Gasteiger partial charge in [-0.05, 0) is 72.4 Å². The van der Waals surface area contributed by atoms with Gasteiger partial charge in [0.15, 0.2) is 0 Å². The molecule has 0 fully saturated rings. The summed E-state index contributed by atoms with van der Waals surface area (Å²) in [7, 11) is 0. The Morgan fingerprint density at radius 2 is 1.71 bits per heavy atom. The Morgan fingerprint density at radius 3 is 2.48 bits per heavy atom. The van der Waals surface area contributed by atoms with Crippen LogP contribution in [0.15, 0.2) is 42.5 Å². The SMILES string of the molecule is OCC(Cc1cccc(F)c1)Cc1ccc2c(c1)CCC2. The van der Waals surface area contributed by atoms with E-state index in [-0.39, 0.29) is 18.3 Å². The normalized spacial score (nSPS) is 15.0. The molecule has 2 heteroatoms. The topological polar surface area (TPSA) is 20.2 Å². The lowest BCUT2D eigenvalue weighted by Gasteiger charge is -2.15. The quantitative estimate of drug-likeness (QED) is 0.887. The Morgan fingerprint density at radius 1 is 0.952 bits per heavy atom. The molecule has 2 aromatic rings. The minimum atomic E-state index is -0.207. The number of benzene rings is 2. The van der Waals surface area contributed by atoms with Gasteiger partial charge >= 0.3 is 0 Å². The summed E-state index contributed by atoms with van der Waals surface area (Å²) in [6.45, 7) is 0.133. The Hall–Kier alpha value is -1.67. The van der Waals surface area contributed by atoms with E-state index in [4.69, 9.17) is 0 Å².